The number of aryl methyl sites for hydroxylation is 2. The molecule has 0 saturated carbocycles. The third-order valence-electron chi connectivity index (χ3n) is 3.07. The summed E-state index contributed by atoms with van der Waals surface area (Å²) in [7, 11) is 1.40. The van der Waals surface area contributed by atoms with E-state index in [0.717, 1.165) is 24.8 Å². The van der Waals surface area contributed by atoms with Crippen molar-refractivity contribution in [3.63, 3.8) is 0 Å². The largest absolute Gasteiger partial charge is 0.448 e. The lowest BCUT2D eigenvalue weighted by Gasteiger charge is -2.11. The van der Waals surface area contributed by atoms with Crippen LogP contribution >= 0.6 is 11.3 Å². The zero-order valence-electron chi connectivity index (χ0n) is 13.3. The van der Waals surface area contributed by atoms with E-state index in [-0.39, 0.29) is 0 Å². The van der Waals surface area contributed by atoms with Gasteiger partial charge < -0.3 is 10.1 Å². The molecule has 0 bridgehead atoms. The van der Waals surface area contributed by atoms with E-state index >= 15 is 0 Å². The third-order valence-corrected chi connectivity index (χ3v) is 4.29. The van der Waals surface area contributed by atoms with Crippen LogP contribution in [0.1, 0.15) is 47.3 Å². The van der Waals surface area contributed by atoms with Crippen LogP contribution in [-0.4, -0.2) is 31.1 Å². The fraction of sp³-hybridized carbons (Fsp3) is 0.533. The quantitative estimate of drug-likeness (QED) is 0.785. The topological polar surface area (TPSA) is 84.5 Å². The molecule has 0 aliphatic carbocycles. The Morgan fingerprint density at radius 3 is 2.55 bits per heavy atom. The highest BCUT2D eigenvalue weighted by molar-refractivity contribution is 7.14. The van der Waals surface area contributed by atoms with E-state index in [4.69, 9.17) is 4.74 Å². The minimum Gasteiger partial charge on any atom is -0.448 e. The van der Waals surface area contributed by atoms with E-state index in [2.05, 4.69) is 17.6 Å². The second kappa shape index (κ2) is 8.53. The van der Waals surface area contributed by atoms with Gasteiger partial charge in [0.05, 0.1) is 0 Å². The summed E-state index contributed by atoms with van der Waals surface area (Å²) in [6, 6.07) is 1.18. The lowest BCUT2D eigenvalue weighted by molar-refractivity contribution is -0.127. The first-order valence-corrected chi connectivity index (χ1v) is 8.09. The van der Waals surface area contributed by atoms with Gasteiger partial charge in [-0.25, -0.2) is 9.59 Å². The van der Waals surface area contributed by atoms with Gasteiger partial charge >= 0.3 is 12.0 Å². The number of rotatable bonds is 6. The van der Waals surface area contributed by atoms with Crippen molar-refractivity contribution < 1.29 is 19.1 Å². The maximum absolute atomic E-state index is 12.1. The molecule has 7 heteroatoms. The average molecular weight is 326 g/mol. The Bertz CT molecular complexity index is 554. The van der Waals surface area contributed by atoms with Gasteiger partial charge in [-0.3, -0.25) is 10.1 Å². The summed E-state index contributed by atoms with van der Waals surface area (Å²) in [5.74, 6) is -1.20. The molecule has 0 aliphatic rings. The zero-order valence-corrected chi connectivity index (χ0v) is 14.1. The first kappa shape index (κ1) is 18.2. The number of carbonyl (C=O) groups is 3. The first-order valence-electron chi connectivity index (χ1n) is 7.28. The van der Waals surface area contributed by atoms with E-state index in [1.807, 2.05) is 13.0 Å². The molecular formula is C15H22N2O4S. The highest BCUT2D eigenvalue weighted by Gasteiger charge is 2.22. The molecule has 122 valence electrons. The van der Waals surface area contributed by atoms with E-state index in [0.29, 0.717) is 4.88 Å². The number of amides is 3. The van der Waals surface area contributed by atoms with Crippen LogP contribution in [0.25, 0.3) is 0 Å². The Hall–Kier alpha value is -1.89. The molecule has 0 fully saturated rings. The van der Waals surface area contributed by atoms with Crippen molar-refractivity contribution in [3.05, 3.63) is 21.4 Å². The molecule has 1 aromatic rings. The van der Waals surface area contributed by atoms with E-state index in [9.17, 15) is 14.4 Å². The molecule has 22 heavy (non-hydrogen) atoms. The molecule has 0 aromatic carbocycles. The maximum Gasteiger partial charge on any atom is 0.349 e. The second-order valence-corrected chi connectivity index (χ2v) is 5.92. The number of hydrogen-bond acceptors (Lipinski definition) is 5. The summed E-state index contributed by atoms with van der Waals surface area (Å²) < 4.78 is 5.11. The summed E-state index contributed by atoms with van der Waals surface area (Å²) in [5, 5.41) is 4.33. The van der Waals surface area contributed by atoms with Crippen LogP contribution in [-0.2, 0) is 22.4 Å². The lowest BCUT2D eigenvalue weighted by atomic mass is 10.1. The number of thiophene rings is 1. The summed E-state index contributed by atoms with van der Waals surface area (Å²) in [4.78, 5) is 36.5. The number of carbonyl (C=O) groups excluding carboxylic acids is 3. The Balaban J connectivity index is 2.72. The Morgan fingerprint density at radius 1 is 1.32 bits per heavy atom. The summed E-state index contributed by atoms with van der Waals surface area (Å²) in [6.07, 6.45) is 1.75. The van der Waals surface area contributed by atoms with Gasteiger partial charge in [-0.1, -0.05) is 20.3 Å². The van der Waals surface area contributed by atoms with Crippen LogP contribution in [0.15, 0.2) is 6.07 Å². The van der Waals surface area contributed by atoms with Crippen molar-refractivity contribution in [2.75, 3.05) is 7.05 Å². The van der Waals surface area contributed by atoms with Crippen molar-refractivity contribution in [2.45, 2.75) is 46.1 Å². The Kier molecular flexibility index (Phi) is 7.04. The number of esters is 1. The molecule has 1 heterocycles. The normalized spacial score (nSPS) is 11.6. The smallest absolute Gasteiger partial charge is 0.349 e. The first-order chi connectivity index (χ1) is 10.4. The lowest BCUT2D eigenvalue weighted by Crippen LogP contribution is -2.43. The molecule has 2 N–H and O–H groups in total. The Morgan fingerprint density at radius 2 is 2.00 bits per heavy atom. The van der Waals surface area contributed by atoms with E-state index in [1.165, 1.54) is 30.2 Å². The summed E-state index contributed by atoms with van der Waals surface area (Å²) in [6.45, 7) is 5.55. The number of nitrogens with one attached hydrogen (secondary N) is 2. The standard InChI is InChI=1S/C15H22N2O4S/c1-5-7-11-10(6-2)8-12(22-11)14(19)21-9(3)13(18)17-15(20)16-4/h8-9H,5-7H2,1-4H3,(H2,16,17,18,20)/t9-/m0/s1. The number of hydrogen-bond donors (Lipinski definition) is 2. The van der Waals surface area contributed by atoms with Crippen molar-refractivity contribution in [3.8, 4) is 0 Å². The third kappa shape index (κ3) is 4.84. The second-order valence-electron chi connectivity index (χ2n) is 4.78. The van der Waals surface area contributed by atoms with Gasteiger partial charge in [0.15, 0.2) is 6.10 Å². The predicted octanol–water partition coefficient (Wildman–Crippen LogP) is 2.26. The molecule has 1 rings (SSSR count). The van der Waals surface area contributed by atoms with Crippen LogP contribution in [0.5, 0.6) is 0 Å². The van der Waals surface area contributed by atoms with Gasteiger partial charge in [-0.2, -0.15) is 0 Å². The fourth-order valence-electron chi connectivity index (χ4n) is 1.85. The summed E-state index contributed by atoms with van der Waals surface area (Å²) in [5.41, 5.74) is 1.14. The van der Waals surface area contributed by atoms with Gasteiger partial charge in [-0.05, 0) is 31.4 Å². The molecule has 0 radical (unpaired) electrons. The van der Waals surface area contributed by atoms with Crippen molar-refractivity contribution >= 4 is 29.2 Å². The molecule has 1 atom stereocenters. The van der Waals surface area contributed by atoms with Gasteiger partial charge in [0.25, 0.3) is 5.91 Å². The fourth-order valence-corrected chi connectivity index (χ4v) is 3.09. The monoisotopic (exact) mass is 326 g/mol. The van der Waals surface area contributed by atoms with Crippen LogP contribution in [0.4, 0.5) is 4.79 Å². The highest BCUT2D eigenvalue weighted by atomic mass is 32.1. The highest BCUT2D eigenvalue weighted by Crippen LogP contribution is 2.25. The predicted molar refractivity (Wildman–Crippen MR) is 85.2 cm³/mol. The maximum atomic E-state index is 12.1. The number of ether oxygens (including phenoxy) is 1. The van der Waals surface area contributed by atoms with Crippen LogP contribution < -0.4 is 10.6 Å². The van der Waals surface area contributed by atoms with Crippen molar-refractivity contribution in [1.29, 1.82) is 0 Å². The Labute approximate surface area is 134 Å². The van der Waals surface area contributed by atoms with E-state index in [1.54, 1.807) is 0 Å². The van der Waals surface area contributed by atoms with Crippen LogP contribution in [0.3, 0.4) is 0 Å². The number of urea groups is 1. The molecule has 0 unspecified atom stereocenters. The SMILES string of the molecule is CCCc1sc(C(=O)O[C@@H](C)C(=O)NC(=O)NC)cc1CC. The van der Waals surface area contributed by atoms with E-state index < -0.39 is 24.0 Å². The molecule has 3 amide bonds. The summed E-state index contributed by atoms with van der Waals surface area (Å²) >= 11 is 1.40. The molecule has 0 saturated heterocycles. The average Bonchev–Trinajstić information content (AvgIpc) is 2.90. The molecule has 6 nitrogen and oxygen atoms in total. The van der Waals surface area contributed by atoms with Gasteiger partial charge in [0.2, 0.25) is 0 Å². The number of imide groups is 1. The minimum absolute atomic E-state index is 0.486. The molecule has 1 aromatic heterocycles. The van der Waals surface area contributed by atoms with Crippen molar-refractivity contribution in [2.24, 2.45) is 0 Å². The molecule has 0 spiro atoms. The van der Waals surface area contributed by atoms with Gasteiger partial charge in [0.1, 0.15) is 4.88 Å². The van der Waals surface area contributed by atoms with Crippen LogP contribution in [0.2, 0.25) is 0 Å². The van der Waals surface area contributed by atoms with Gasteiger partial charge in [-0.15, -0.1) is 11.3 Å². The minimum atomic E-state index is -1.04. The molecular weight excluding hydrogens is 304 g/mol. The van der Waals surface area contributed by atoms with Crippen LogP contribution in [0, 0.1) is 0 Å². The van der Waals surface area contributed by atoms with Gasteiger partial charge in [0, 0.05) is 11.9 Å². The zero-order chi connectivity index (χ0) is 16.7. The molecule has 0 aliphatic heterocycles. The van der Waals surface area contributed by atoms with Crippen molar-refractivity contribution in [1.82, 2.24) is 10.6 Å².